The molecular formula is C16H15N3O4S. The Morgan fingerprint density at radius 3 is 2.75 bits per heavy atom. The molecule has 0 saturated carbocycles. The average Bonchev–Trinajstić information content (AvgIpc) is 2.96. The number of carbonyl (C=O) groups is 1. The molecule has 0 fully saturated rings. The molecule has 2 N–H and O–H groups in total. The fraction of sp³-hybridized carbons (Fsp3) is 0.125. The molecule has 0 spiro atoms. The second kappa shape index (κ2) is 6.06. The van der Waals surface area contributed by atoms with E-state index in [9.17, 15) is 13.2 Å². The van der Waals surface area contributed by atoms with Crippen LogP contribution in [-0.2, 0) is 16.4 Å². The van der Waals surface area contributed by atoms with E-state index >= 15 is 0 Å². The maximum atomic E-state index is 11.7. The van der Waals surface area contributed by atoms with Gasteiger partial charge in [0.25, 0.3) is 5.91 Å². The van der Waals surface area contributed by atoms with Crippen molar-refractivity contribution in [2.45, 2.75) is 11.4 Å². The Kier molecular flexibility index (Phi) is 4.08. The number of aromatic nitrogens is 2. The number of benzene rings is 1. The first-order chi connectivity index (χ1) is 11.4. The zero-order valence-electron chi connectivity index (χ0n) is 12.8. The number of hydroxylamine groups is 1. The Balaban J connectivity index is 2.00. The number of nitrogens with one attached hydrogen (secondary N) is 1. The summed E-state index contributed by atoms with van der Waals surface area (Å²) < 4.78 is 25.1. The minimum Gasteiger partial charge on any atom is -0.328 e. The van der Waals surface area contributed by atoms with Gasteiger partial charge in [-0.2, -0.15) is 0 Å². The Labute approximate surface area is 138 Å². The smallest absolute Gasteiger partial charge is 0.293 e. The molecule has 2 heterocycles. The van der Waals surface area contributed by atoms with Crippen molar-refractivity contribution in [1.82, 2.24) is 15.0 Å². The van der Waals surface area contributed by atoms with Crippen molar-refractivity contribution in [3.8, 4) is 0 Å². The van der Waals surface area contributed by atoms with Gasteiger partial charge in [-0.3, -0.25) is 10.0 Å². The Morgan fingerprint density at radius 1 is 1.25 bits per heavy atom. The molecule has 0 aliphatic rings. The van der Waals surface area contributed by atoms with Crippen molar-refractivity contribution in [3.05, 3.63) is 59.9 Å². The molecule has 0 radical (unpaired) electrons. The third kappa shape index (κ3) is 3.15. The zero-order valence-corrected chi connectivity index (χ0v) is 13.6. The van der Waals surface area contributed by atoms with E-state index in [0.717, 1.165) is 10.9 Å². The number of hydrogen-bond acceptors (Lipinski definition) is 5. The number of fused-ring (bicyclic) bond motifs is 1. The number of carbonyl (C=O) groups excluding carboxylic acids is 1. The summed E-state index contributed by atoms with van der Waals surface area (Å²) in [5, 5.41) is 9.56. The van der Waals surface area contributed by atoms with Crippen molar-refractivity contribution in [1.29, 1.82) is 0 Å². The molecule has 8 heteroatoms. The third-order valence-corrected chi connectivity index (χ3v) is 4.74. The van der Waals surface area contributed by atoms with Gasteiger partial charge < -0.3 is 4.57 Å². The fourth-order valence-electron chi connectivity index (χ4n) is 2.44. The van der Waals surface area contributed by atoms with Crippen LogP contribution in [0, 0.1) is 0 Å². The van der Waals surface area contributed by atoms with E-state index in [1.807, 2.05) is 22.9 Å². The topological polar surface area (TPSA) is 101 Å². The molecule has 7 nitrogen and oxygen atoms in total. The van der Waals surface area contributed by atoms with Crippen molar-refractivity contribution in [2.24, 2.45) is 0 Å². The highest BCUT2D eigenvalue weighted by atomic mass is 32.2. The summed E-state index contributed by atoms with van der Waals surface area (Å²) in [5.41, 5.74) is 3.02. The summed E-state index contributed by atoms with van der Waals surface area (Å²) in [6, 6.07) is 11.8. The van der Waals surface area contributed by atoms with E-state index < -0.39 is 15.7 Å². The fourth-order valence-corrected chi connectivity index (χ4v) is 3.13. The van der Waals surface area contributed by atoms with E-state index in [2.05, 4.69) is 4.98 Å². The quantitative estimate of drug-likeness (QED) is 0.552. The molecule has 0 saturated heterocycles. The zero-order chi connectivity index (χ0) is 17.3. The van der Waals surface area contributed by atoms with Gasteiger partial charge in [0.15, 0.2) is 9.84 Å². The van der Waals surface area contributed by atoms with Crippen LogP contribution in [0.4, 0.5) is 0 Å². The van der Waals surface area contributed by atoms with Crippen LogP contribution in [0.3, 0.4) is 0 Å². The summed E-state index contributed by atoms with van der Waals surface area (Å²) in [7, 11) is -3.27. The Hall–Kier alpha value is -2.71. The van der Waals surface area contributed by atoms with Crippen LogP contribution in [0.25, 0.3) is 11.0 Å². The maximum Gasteiger partial charge on any atom is 0.293 e. The van der Waals surface area contributed by atoms with Crippen molar-refractivity contribution < 1.29 is 18.4 Å². The van der Waals surface area contributed by atoms with Gasteiger partial charge in [-0.1, -0.05) is 12.1 Å². The van der Waals surface area contributed by atoms with Crippen LogP contribution in [0.5, 0.6) is 0 Å². The van der Waals surface area contributed by atoms with Crippen LogP contribution in [-0.4, -0.2) is 35.3 Å². The molecule has 3 aromatic rings. The lowest BCUT2D eigenvalue weighted by Gasteiger charge is -2.07. The lowest BCUT2D eigenvalue weighted by Crippen LogP contribution is -2.20. The number of amides is 1. The first-order valence-electron chi connectivity index (χ1n) is 7.08. The standard InChI is InChI=1S/C16H15N3O4S/c1-24(22,23)13-4-2-3-11(9-13)10-19-8-7-12-5-6-14(16(20)18-21)17-15(12)19/h2-9,21H,10H2,1H3,(H,18,20). The first-order valence-corrected chi connectivity index (χ1v) is 8.97. The maximum absolute atomic E-state index is 11.7. The number of pyridine rings is 1. The van der Waals surface area contributed by atoms with Gasteiger partial charge in [-0.05, 0) is 35.9 Å². The summed E-state index contributed by atoms with van der Waals surface area (Å²) in [5.74, 6) is -0.691. The predicted octanol–water partition coefficient (Wildman–Crippen LogP) is 1.61. The molecule has 1 aromatic carbocycles. The molecule has 0 aliphatic heterocycles. The highest BCUT2D eigenvalue weighted by Gasteiger charge is 2.11. The van der Waals surface area contributed by atoms with Crippen molar-refractivity contribution in [3.63, 3.8) is 0 Å². The second-order valence-corrected chi connectivity index (χ2v) is 7.43. The Bertz CT molecular complexity index is 1020. The Morgan fingerprint density at radius 2 is 2.04 bits per heavy atom. The number of rotatable bonds is 4. The molecule has 24 heavy (non-hydrogen) atoms. The van der Waals surface area contributed by atoms with Crippen LogP contribution in [0.15, 0.2) is 53.6 Å². The third-order valence-electron chi connectivity index (χ3n) is 3.63. The molecule has 0 unspecified atom stereocenters. The van der Waals surface area contributed by atoms with Crippen LogP contribution >= 0.6 is 0 Å². The predicted molar refractivity (Wildman–Crippen MR) is 87.6 cm³/mol. The molecule has 2 aromatic heterocycles. The molecule has 0 aliphatic carbocycles. The van der Waals surface area contributed by atoms with E-state index in [-0.39, 0.29) is 10.6 Å². The highest BCUT2D eigenvalue weighted by Crippen LogP contribution is 2.18. The molecule has 1 amide bonds. The van der Waals surface area contributed by atoms with Gasteiger partial charge in [0.1, 0.15) is 11.3 Å². The molecule has 0 bridgehead atoms. The summed E-state index contributed by atoms with van der Waals surface area (Å²) >= 11 is 0. The van der Waals surface area contributed by atoms with E-state index in [1.165, 1.54) is 12.3 Å². The summed E-state index contributed by atoms with van der Waals surface area (Å²) in [6.45, 7) is 0.407. The summed E-state index contributed by atoms with van der Waals surface area (Å²) in [6.07, 6.45) is 2.98. The van der Waals surface area contributed by atoms with E-state index in [4.69, 9.17) is 5.21 Å². The van der Waals surface area contributed by atoms with Gasteiger partial charge in [0.05, 0.1) is 4.90 Å². The van der Waals surface area contributed by atoms with Crippen LogP contribution in [0.2, 0.25) is 0 Å². The monoisotopic (exact) mass is 345 g/mol. The minimum atomic E-state index is -3.27. The minimum absolute atomic E-state index is 0.0924. The number of nitrogens with zero attached hydrogens (tertiary/aromatic N) is 2. The second-order valence-electron chi connectivity index (χ2n) is 5.41. The SMILES string of the molecule is CS(=O)(=O)c1cccc(Cn2ccc3ccc(C(=O)NO)nc32)c1. The van der Waals surface area contributed by atoms with Gasteiger partial charge in [-0.15, -0.1) is 0 Å². The van der Waals surface area contributed by atoms with E-state index in [0.29, 0.717) is 12.2 Å². The largest absolute Gasteiger partial charge is 0.328 e. The molecule has 3 rings (SSSR count). The highest BCUT2D eigenvalue weighted by molar-refractivity contribution is 7.90. The molecule has 124 valence electrons. The average molecular weight is 345 g/mol. The molecular weight excluding hydrogens is 330 g/mol. The van der Waals surface area contributed by atoms with Gasteiger partial charge >= 0.3 is 0 Å². The normalized spacial score (nSPS) is 11.6. The van der Waals surface area contributed by atoms with Gasteiger partial charge in [0.2, 0.25) is 0 Å². The van der Waals surface area contributed by atoms with Crippen molar-refractivity contribution >= 4 is 26.8 Å². The molecule has 0 atom stereocenters. The summed E-state index contributed by atoms with van der Waals surface area (Å²) in [4.78, 5) is 16.0. The number of hydrogen-bond donors (Lipinski definition) is 2. The van der Waals surface area contributed by atoms with Gasteiger partial charge in [-0.25, -0.2) is 18.9 Å². The number of sulfone groups is 1. The van der Waals surface area contributed by atoms with E-state index in [1.54, 1.807) is 29.7 Å². The van der Waals surface area contributed by atoms with Crippen molar-refractivity contribution in [2.75, 3.05) is 6.26 Å². The lowest BCUT2D eigenvalue weighted by atomic mass is 10.2. The van der Waals surface area contributed by atoms with Crippen LogP contribution < -0.4 is 5.48 Å². The van der Waals surface area contributed by atoms with Gasteiger partial charge in [0, 0.05) is 24.4 Å². The first kappa shape index (κ1) is 16.2. The van der Waals surface area contributed by atoms with Crippen LogP contribution in [0.1, 0.15) is 16.1 Å². The lowest BCUT2D eigenvalue weighted by molar-refractivity contribution is 0.0701.